The minimum absolute atomic E-state index is 0.120. The van der Waals surface area contributed by atoms with Crippen LogP contribution in [0.2, 0.25) is 0 Å². The minimum Gasteiger partial charge on any atom is -0.374 e. The Balaban J connectivity index is 1.55. The van der Waals surface area contributed by atoms with Crippen LogP contribution in [0.25, 0.3) is 0 Å². The van der Waals surface area contributed by atoms with Crippen LogP contribution in [0.1, 0.15) is 26.2 Å². The molecule has 1 amide bonds. The molecule has 0 aromatic rings. The molecule has 0 aromatic carbocycles. The van der Waals surface area contributed by atoms with Gasteiger partial charge < -0.3 is 15.4 Å². The highest BCUT2D eigenvalue weighted by Gasteiger charge is 2.31. The standard InChI is InChI=1S/C13H25N3O2/c1-2-15-13(17)5-6-14-8-12-9-16-7-3-4-11(16)10-18-12/h11-12,14H,2-10H2,1H3,(H,15,17). The number of rotatable bonds is 6. The third-order valence-electron chi connectivity index (χ3n) is 3.74. The number of nitrogens with one attached hydrogen (secondary N) is 2. The third-order valence-corrected chi connectivity index (χ3v) is 3.74. The first-order valence-corrected chi connectivity index (χ1v) is 7.12. The van der Waals surface area contributed by atoms with Crippen molar-refractivity contribution in [2.75, 3.05) is 39.3 Å². The highest BCUT2D eigenvalue weighted by atomic mass is 16.5. The number of hydrogen-bond acceptors (Lipinski definition) is 4. The van der Waals surface area contributed by atoms with Gasteiger partial charge in [0.25, 0.3) is 0 Å². The smallest absolute Gasteiger partial charge is 0.221 e. The van der Waals surface area contributed by atoms with E-state index in [0.717, 1.165) is 26.2 Å². The van der Waals surface area contributed by atoms with Crippen LogP contribution in [-0.2, 0) is 9.53 Å². The van der Waals surface area contributed by atoms with Crippen molar-refractivity contribution < 1.29 is 9.53 Å². The Morgan fingerprint density at radius 2 is 2.39 bits per heavy atom. The highest BCUT2D eigenvalue weighted by molar-refractivity contribution is 5.75. The molecule has 2 unspecified atom stereocenters. The molecule has 2 N–H and O–H groups in total. The first-order chi connectivity index (χ1) is 8.79. The van der Waals surface area contributed by atoms with Crippen LogP contribution in [-0.4, -0.2) is 62.3 Å². The van der Waals surface area contributed by atoms with E-state index in [0.29, 0.717) is 19.0 Å². The number of morpholine rings is 1. The van der Waals surface area contributed by atoms with Gasteiger partial charge in [-0.2, -0.15) is 0 Å². The van der Waals surface area contributed by atoms with Gasteiger partial charge in [-0.05, 0) is 26.3 Å². The molecule has 2 aliphatic heterocycles. The molecule has 0 saturated carbocycles. The Labute approximate surface area is 109 Å². The maximum absolute atomic E-state index is 11.3. The lowest BCUT2D eigenvalue weighted by Gasteiger charge is -2.35. The van der Waals surface area contributed by atoms with Crippen LogP contribution in [0.4, 0.5) is 0 Å². The fourth-order valence-electron chi connectivity index (χ4n) is 2.76. The fraction of sp³-hybridized carbons (Fsp3) is 0.923. The predicted molar refractivity (Wildman–Crippen MR) is 70.5 cm³/mol. The van der Waals surface area contributed by atoms with Gasteiger partial charge in [0.2, 0.25) is 5.91 Å². The van der Waals surface area contributed by atoms with Crippen LogP contribution in [0.5, 0.6) is 0 Å². The summed E-state index contributed by atoms with van der Waals surface area (Å²) in [5.74, 6) is 0.120. The number of nitrogens with zero attached hydrogens (tertiary/aromatic N) is 1. The second kappa shape index (κ2) is 7.07. The topological polar surface area (TPSA) is 53.6 Å². The molecule has 2 rings (SSSR count). The fourth-order valence-corrected chi connectivity index (χ4v) is 2.76. The Kier molecular flexibility index (Phi) is 5.41. The zero-order valence-electron chi connectivity index (χ0n) is 11.3. The van der Waals surface area contributed by atoms with E-state index in [1.807, 2.05) is 6.92 Å². The summed E-state index contributed by atoms with van der Waals surface area (Å²) in [6.45, 7) is 7.37. The van der Waals surface area contributed by atoms with E-state index >= 15 is 0 Å². The maximum atomic E-state index is 11.3. The molecular formula is C13H25N3O2. The number of amides is 1. The number of ether oxygens (including phenoxy) is 1. The molecule has 5 nitrogen and oxygen atoms in total. The highest BCUT2D eigenvalue weighted by Crippen LogP contribution is 2.22. The lowest BCUT2D eigenvalue weighted by molar-refractivity contribution is -0.120. The second-order valence-electron chi connectivity index (χ2n) is 5.15. The SMILES string of the molecule is CCNC(=O)CCNCC1CN2CCCC2CO1. The van der Waals surface area contributed by atoms with Crippen molar-refractivity contribution in [1.82, 2.24) is 15.5 Å². The van der Waals surface area contributed by atoms with Crippen LogP contribution in [0.15, 0.2) is 0 Å². The van der Waals surface area contributed by atoms with Gasteiger partial charge in [0.1, 0.15) is 0 Å². The average Bonchev–Trinajstić information content (AvgIpc) is 2.82. The first-order valence-electron chi connectivity index (χ1n) is 7.12. The summed E-state index contributed by atoms with van der Waals surface area (Å²) in [5, 5.41) is 6.11. The first kappa shape index (κ1) is 13.8. The van der Waals surface area contributed by atoms with Crippen molar-refractivity contribution >= 4 is 5.91 Å². The summed E-state index contributed by atoms with van der Waals surface area (Å²) in [7, 11) is 0. The van der Waals surface area contributed by atoms with Crippen molar-refractivity contribution in [1.29, 1.82) is 0 Å². The number of carbonyl (C=O) groups excluding carboxylic acids is 1. The lowest BCUT2D eigenvalue weighted by atomic mass is 10.2. The monoisotopic (exact) mass is 255 g/mol. The average molecular weight is 255 g/mol. The molecule has 18 heavy (non-hydrogen) atoms. The molecule has 2 atom stereocenters. The van der Waals surface area contributed by atoms with Crippen molar-refractivity contribution in [3.63, 3.8) is 0 Å². The van der Waals surface area contributed by atoms with E-state index in [2.05, 4.69) is 15.5 Å². The minimum atomic E-state index is 0.120. The molecule has 5 heteroatoms. The van der Waals surface area contributed by atoms with Gasteiger partial charge in [0.05, 0.1) is 12.7 Å². The van der Waals surface area contributed by atoms with Gasteiger partial charge in [0.15, 0.2) is 0 Å². The van der Waals surface area contributed by atoms with Crippen molar-refractivity contribution in [3.05, 3.63) is 0 Å². The van der Waals surface area contributed by atoms with Gasteiger partial charge in [-0.3, -0.25) is 9.69 Å². The normalized spacial score (nSPS) is 28.1. The Bertz CT molecular complexity index is 273. The quantitative estimate of drug-likeness (QED) is 0.654. The molecule has 2 aliphatic rings. The van der Waals surface area contributed by atoms with E-state index < -0.39 is 0 Å². The summed E-state index contributed by atoms with van der Waals surface area (Å²) in [4.78, 5) is 13.8. The molecule has 0 aromatic heterocycles. The van der Waals surface area contributed by atoms with Crippen molar-refractivity contribution in [2.45, 2.75) is 38.3 Å². The summed E-state index contributed by atoms with van der Waals surface area (Å²) >= 11 is 0. The van der Waals surface area contributed by atoms with E-state index in [-0.39, 0.29) is 12.0 Å². The molecular weight excluding hydrogens is 230 g/mol. The maximum Gasteiger partial charge on any atom is 0.221 e. The Hall–Kier alpha value is -0.650. The Morgan fingerprint density at radius 3 is 3.22 bits per heavy atom. The van der Waals surface area contributed by atoms with Crippen LogP contribution < -0.4 is 10.6 Å². The zero-order valence-corrected chi connectivity index (χ0v) is 11.3. The third kappa shape index (κ3) is 3.93. The Morgan fingerprint density at radius 1 is 1.50 bits per heavy atom. The van der Waals surface area contributed by atoms with Crippen LogP contribution in [0.3, 0.4) is 0 Å². The number of fused-ring (bicyclic) bond motifs is 1. The van der Waals surface area contributed by atoms with E-state index in [1.165, 1.54) is 19.4 Å². The molecule has 104 valence electrons. The summed E-state index contributed by atoms with van der Waals surface area (Å²) < 4.78 is 5.84. The predicted octanol–water partition coefficient (Wildman–Crippen LogP) is -0.0346. The zero-order chi connectivity index (χ0) is 12.8. The van der Waals surface area contributed by atoms with E-state index in [4.69, 9.17) is 4.74 Å². The van der Waals surface area contributed by atoms with E-state index in [1.54, 1.807) is 0 Å². The largest absolute Gasteiger partial charge is 0.374 e. The molecule has 0 aliphatic carbocycles. The van der Waals surface area contributed by atoms with Crippen molar-refractivity contribution in [3.8, 4) is 0 Å². The van der Waals surface area contributed by atoms with Gasteiger partial charge >= 0.3 is 0 Å². The van der Waals surface area contributed by atoms with Crippen LogP contribution >= 0.6 is 0 Å². The van der Waals surface area contributed by atoms with Crippen molar-refractivity contribution in [2.24, 2.45) is 0 Å². The summed E-state index contributed by atoms with van der Waals surface area (Å²) in [6.07, 6.45) is 3.43. The second-order valence-corrected chi connectivity index (χ2v) is 5.15. The molecule has 0 spiro atoms. The molecule has 2 fully saturated rings. The van der Waals surface area contributed by atoms with Gasteiger partial charge in [-0.1, -0.05) is 0 Å². The molecule has 2 heterocycles. The molecule has 0 radical (unpaired) electrons. The van der Waals surface area contributed by atoms with Gasteiger partial charge in [-0.25, -0.2) is 0 Å². The summed E-state index contributed by atoms with van der Waals surface area (Å²) in [5.41, 5.74) is 0. The van der Waals surface area contributed by atoms with Gasteiger partial charge in [0, 0.05) is 38.6 Å². The van der Waals surface area contributed by atoms with Gasteiger partial charge in [-0.15, -0.1) is 0 Å². The van der Waals surface area contributed by atoms with Crippen LogP contribution in [0, 0.1) is 0 Å². The van der Waals surface area contributed by atoms with E-state index in [9.17, 15) is 4.79 Å². The molecule has 0 bridgehead atoms. The molecule has 2 saturated heterocycles. The lowest BCUT2D eigenvalue weighted by Crippen LogP contribution is -2.49. The summed E-state index contributed by atoms with van der Waals surface area (Å²) in [6, 6.07) is 0.664. The number of hydrogen-bond donors (Lipinski definition) is 2. The number of carbonyl (C=O) groups is 1.